The monoisotopic (exact) mass is 411 g/mol. The zero-order chi connectivity index (χ0) is 21.5. The summed E-state index contributed by atoms with van der Waals surface area (Å²) >= 11 is 0. The molecule has 0 radical (unpaired) electrons. The van der Waals surface area contributed by atoms with Gasteiger partial charge in [0.2, 0.25) is 5.91 Å². The summed E-state index contributed by atoms with van der Waals surface area (Å²) in [4.78, 5) is 31.5. The van der Waals surface area contributed by atoms with Gasteiger partial charge in [-0.1, -0.05) is 18.2 Å². The highest BCUT2D eigenvalue weighted by Crippen LogP contribution is 2.31. The molecule has 1 aliphatic heterocycles. The van der Waals surface area contributed by atoms with Gasteiger partial charge in [-0.15, -0.1) is 0 Å². The van der Waals surface area contributed by atoms with Gasteiger partial charge in [0.05, 0.1) is 11.1 Å². The average molecular weight is 411 g/mol. The number of hydrogen-bond donors (Lipinski definition) is 1. The van der Waals surface area contributed by atoms with Crippen LogP contribution in [0.25, 0.3) is 22.4 Å². The van der Waals surface area contributed by atoms with Gasteiger partial charge < -0.3 is 14.6 Å². The number of para-hydroxylation sites is 1. The number of pyridine rings is 1. The maximum Gasteiger partial charge on any atom is 0.256 e. The van der Waals surface area contributed by atoms with Crippen LogP contribution in [-0.4, -0.2) is 23.3 Å². The standard InChI is InChI=1S/C25H21N3O3/c1-15-7-10-24(31-15)22-14-20(19-5-3-4-6-21(19)27-22)25(30)26-18-8-9-23-17(13-18)11-12-28(23)16(2)29/h3-10,13-14H,11-12H2,1-2H3,(H,26,30). The Morgan fingerprint density at radius 2 is 1.90 bits per heavy atom. The van der Waals surface area contributed by atoms with Gasteiger partial charge >= 0.3 is 0 Å². The first kappa shape index (κ1) is 19.1. The third-order valence-corrected chi connectivity index (χ3v) is 5.57. The third-order valence-electron chi connectivity index (χ3n) is 5.57. The van der Waals surface area contributed by atoms with Gasteiger partial charge in [-0.3, -0.25) is 9.59 Å². The third kappa shape index (κ3) is 3.46. The Morgan fingerprint density at radius 1 is 1.06 bits per heavy atom. The first-order chi connectivity index (χ1) is 15.0. The van der Waals surface area contributed by atoms with E-state index in [9.17, 15) is 9.59 Å². The summed E-state index contributed by atoms with van der Waals surface area (Å²) < 4.78 is 5.72. The van der Waals surface area contributed by atoms with Crippen molar-refractivity contribution in [3.63, 3.8) is 0 Å². The Hall–Kier alpha value is -3.93. The zero-order valence-corrected chi connectivity index (χ0v) is 17.3. The molecule has 2 aromatic carbocycles. The van der Waals surface area contributed by atoms with E-state index in [1.54, 1.807) is 17.9 Å². The minimum absolute atomic E-state index is 0.0273. The second-order valence-electron chi connectivity index (χ2n) is 7.70. The van der Waals surface area contributed by atoms with Crippen molar-refractivity contribution in [2.24, 2.45) is 0 Å². The maximum atomic E-state index is 13.3. The van der Waals surface area contributed by atoms with Gasteiger partial charge in [0.1, 0.15) is 11.5 Å². The lowest BCUT2D eigenvalue weighted by Crippen LogP contribution is -2.25. The van der Waals surface area contributed by atoms with E-state index in [0.717, 1.165) is 34.3 Å². The minimum Gasteiger partial charge on any atom is -0.460 e. The predicted molar refractivity (Wildman–Crippen MR) is 120 cm³/mol. The molecule has 2 aromatic heterocycles. The number of hydrogen-bond acceptors (Lipinski definition) is 4. The van der Waals surface area contributed by atoms with Crippen molar-refractivity contribution in [3.05, 3.63) is 77.6 Å². The molecule has 154 valence electrons. The van der Waals surface area contributed by atoms with Gasteiger partial charge in [-0.05, 0) is 61.4 Å². The number of aryl methyl sites for hydroxylation is 1. The fourth-order valence-electron chi connectivity index (χ4n) is 4.07. The van der Waals surface area contributed by atoms with Gasteiger partial charge in [-0.2, -0.15) is 0 Å². The van der Waals surface area contributed by atoms with Crippen LogP contribution in [0.2, 0.25) is 0 Å². The highest BCUT2D eigenvalue weighted by molar-refractivity contribution is 6.13. The molecule has 2 amide bonds. The molecular weight excluding hydrogens is 390 g/mol. The predicted octanol–water partition coefficient (Wildman–Crippen LogP) is 4.96. The van der Waals surface area contributed by atoms with Crippen LogP contribution >= 0.6 is 0 Å². The van der Waals surface area contributed by atoms with Crippen LogP contribution in [0.3, 0.4) is 0 Å². The molecule has 0 unspecified atom stereocenters. The Bertz CT molecular complexity index is 1340. The molecule has 31 heavy (non-hydrogen) atoms. The molecule has 0 fully saturated rings. The fourth-order valence-corrected chi connectivity index (χ4v) is 4.07. The van der Waals surface area contributed by atoms with Crippen molar-refractivity contribution in [1.82, 2.24) is 4.98 Å². The number of carbonyl (C=O) groups is 2. The van der Waals surface area contributed by atoms with Crippen LogP contribution in [0, 0.1) is 6.92 Å². The Kier molecular flexibility index (Phi) is 4.55. The van der Waals surface area contributed by atoms with Crippen LogP contribution in [0.5, 0.6) is 0 Å². The molecule has 0 atom stereocenters. The lowest BCUT2D eigenvalue weighted by Gasteiger charge is -2.15. The van der Waals surface area contributed by atoms with E-state index in [0.29, 0.717) is 29.2 Å². The van der Waals surface area contributed by atoms with E-state index in [1.165, 1.54) is 0 Å². The molecule has 0 saturated heterocycles. The summed E-state index contributed by atoms with van der Waals surface area (Å²) in [6.45, 7) is 4.11. The number of rotatable bonds is 3. The van der Waals surface area contributed by atoms with Crippen molar-refractivity contribution in [2.75, 3.05) is 16.8 Å². The molecule has 5 rings (SSSR count). The van der Waals surface area contributed by atoms with Crippen LogP contribution in [0.1, 0.15) is 28.6 Å². The molecule has 1 aliphatic rings. The van der Waals surface area contributed by atoms with Crippen LogP contribution in [-0.2, 0) is 11.2 Å². The van der Waals surface area contributed by atoms with E-state index >= 15 is 0 Å². The van der Waals surface area contributed by atoms with Gasteiger partial charge in [0, 0.05) is 30.2 Å². The van der Waals surface area contributed by atoms with Crippen LogP contribution in [0.15, 0.2) is 65.1 Å². The van der Waals surface area contributed by atoms with Crippen molar-refractivity contribution < 1.29 is 14.0 Å². The molecule has 0 bridgehead atoms. The largest absolute Gasteiger partial charge is 0.460 e. The normalized spacial score (nSPS) is 12.8. The number of furan rings is 1. The second-order valence-corrected chi connectivity index (χ2v) is 7.70. The van der Waals surface area contributed by atoms with E-state index < -0.39 is 0 Å². The highest BCUT2D eigenvalue weighted by Gasteiger charge is 2.23. The molecule has 6 heteroatoms. The topological polar surface area (TPSA) is 75.4 Å². The van der Waals surface area contributed by atoms with E-state index in [2.05, 4.69) is 10.3 Å². The van der Waals surface area contributed by atoms with Crippen molar-refractivity contribution in [1.29, 1.82) is 0 Å². The first-order valence-electron chi connectivity index (χ1n) is 10.2. The number of anilines is 2. The van der Waals surface area contributed by atoms with E-state index in [-0.39, 0.29) is 11.8 Å². The van der Waals surface area contributed by atoms with Crippen molar-refractivity contribution in [2.45, 2.75) is 20.3 Å². The molecule has 6 nitrogen and oxygen atoms in total. The van der Waals surface area contributed by atoms with Gasteiger partial charge in [-0.25, -0.2) is 4.98 Å². The molecule has 3 heterocycles. The second kappa shape index (κ2) is 7.40. The number of benzene rings is 2. The SMILES string of the molecule is CC(=O)N1CCc2cc(NC(=O)c3cc(-c4ccc(C)o4)nc4ccccc34)ccc21. The quantitative estimate of drug-likeness (QED) is 0.517. The lowest BCUT2D eigenvalue weighted by molar-refractivity contribution is -0.116. The number of carbonyl (C=O) groups excluding carboxylic acids is 2. The number of aromatic nitrogens is 1. The molecule has 4 aromatic rings. The number of nitrogens with one attached hydrogen (secondary N) is 1. The molecular formula is C25H21N3O3. The van der Waals surface area contributed by atoms with Crippen molar-refractivity contribution >= 4 is 34.1 Å². The Balaban J connectivity index is 1.51. The summed E-state index contributed by atoms with van der Waals surface area (Å²) in [6, 6.07) is 18.7. The van der Waals surface area contributed by atoms with Crippen LogP contribution < -0.4 is 10.2 Å². The summed E-state index contributed by atoms with van der Waals surface area (Å²) in [5.41, 5.74) is 4.54. The fraction of sp³-hybridized carbons (Fsp3) is 0.160. The van der Waals surface area contributed by atoms with E-state index in [4.69, 9.17) is 4.42 Å². The highest BCUT2D eigenvalue weighted by atomic mass is 16.3. The summed E-state index contributed by atoms with van der Waals surface area (Å²) in [7, 11) is 0. The zero-order valence-electron chi connectivity index (χ0n) is 17.3. The molecule has 0 saturated carbocycles. The van der Waals surface area contributed by atoms with Gasteiger partial charge in [0.15, 0.2) is 5.76 Å². The van der Waals surface area contributed by atoms with Crippen molar-refractivity contribution in [3.8, 4) is 11.5 Å². The van der Waals surface area contributed by atoms with E-state index in [1.807, 2.05) is 61.5 Å². The minimum atomic E-state index is -0.218. The lowest BCUT2D eigenvalue weighted by atomic mass is 10.1. The summed E-state index contributed by atoms with van der Waals surface area (Å²) in [6.07, 6.45) is 0.777. The summed E-state index contributed by atoms with van der Waals surface area (Å²) in [5.74, 6) is 1.22. The number of amides is 2. The smallest absolute Gasteiger partial charge is 0.256 e. The molecule has 0 spiro atoms. The number of fused-ring (bicyclic) bond motifs is 2. The van der Waals surface area contributed by atoms with Gasteiger partial charge in [0.25, 0.3) is 5.91 Å². The maximum absolute atomic E-state index is 13.3. The number of nitrogens with zero attached hydrogens (tertiary/aromatic N) is 2. The Morgan fingerprint density at radius 3 is 2.68 bits per heavy atom. The molecule has 1 N–H and O–H groups in total. The Labute approximate surface area is 179 Å². The molecule has 0 aliphatic carbocycles. The van der Waals surface area contributed by atoms with Crippen LogP contribution in [0.4, 0.5) is 11.4 Å². The summed E-state index contributed by atoms with van der Waals surface area (Å²) in [5, 5.41) is 3.78. The average Bonchev–Trinajstić information content (AvgIpc) is 3.39. The first-order valence-corrected chi connectivity index (χ1v) is 10.2.